The van der Waals surface area contributed by atoms with Crippen molar-refractivity contribution < 1.29 is 22.7 Å². The number of rotatable bonds is 9. The quantitative estimate of drug-likeness (QED) is 0.615. The highest BCUT2D eigenvalue weighted by Gasteiger charge is 2.37. The number of nitrogens with one attached hydrogen (secondary N) is 1. The van der Waals surface area contributed by atoms with E-state index in [1.54, 1.807) is 33.1 Å². The summed E-state index contributed by atoms with van der Waals surface area (Å²) in [5, 5.41) is 2.82. The SMILES string of the molecule is CCN(CC)S(=O)(=O)c1ccc2c(c1)CC(C(=O)NCCCOC)N2C(C)=O. The number of methoxy groups -OCH3 is 1. The number of benzene rings is 1. The van der Waals surface area contributed by atoms with Gasteiger partial charge in [0.1, 0.15) is 6.04 Å². The molecule has 1 aromatic rings. The molecule has 8 nitrogen and oxygen atoms in total. The number of anilines is 1. The minimum absolute atomic E-state index is 0.180. The smallest absolute Gasteiger partial charge is 0.243 e. The van der Waals surface area contributed by atoms with Crippen molar-refractivity contribution in [1.29, 1.82) is 0 Å². The van der Waals surface area contributed by atoms with Crippen LogP contribution in [0.5, 0.6) is 0 Å². The van der Waals surface area contributed by atoms with Crippen LogP contribution < -0.4 is 10.2 Å². The van der Waals surface area contributed by atoms with Gasteiger partial charge in [-0.25, -0.2) is 8.42 Å². The number of fused-ring (bicyclic) bond motifs is 1. The normalized spacial score (nSPS) is 16.3. The molecule has 156 valence electrons. The first kappa shape index (κ1) is 22.3. The van der Waals surface area contributed by atoms with E-state index in [2.05, 4.69) is 5.32 Å². The second-order valence-corrected chi connectivity index (χ2v) is 8.56. The molecule has 28 heavy (non-hydrogen) atoms. The van der Waals surface area contributed by atoms with Gasteiger partial charge in [0, 0.05) is 52.4 Å². The predicted octanol–water partition coefficient (Wildman–Crippen LogP) is 1.15. The van der Waals surface area contributed by atoms with Gasteiger partial charge in [-0.3, -0.25) is 14.5 Å². The Labute approximate surface area is 166 Å². The lowest BCUT2D eigenvalue weighted by atomic mass is 10.1. The van der Waals surface area contributed by atoms with Gasteiger partial charge in [0.25, 0.3) is 0 Å². The van der Waals surface area contributed by atoms with E-state index in [0.29, 0.717) is 43.9 Å². The molecular weight excluding hydrogens is 382 g/mol. The van der Waals surface area contributed by atoms with Crippen LogP contribution in [-0.4, -0.2) is 63.9 Å². The summed E-state index contributed by atoms with van der Waals surface area (Å²) in [6.45, 7) is 6.72. The zero-order valence-corrected chi connectivity index (χ0v) is 17.7. The zero-order valence-electron chi connectivity index (χ0n) is 16.9. The van der Waals surface area contributed by atoms with Crippen LogP contribution in [0.3, 0.4) is 0 Å². The molecule has 0 saturated carbocycles. The van der Waals surface area contributed by atoms with Crippen molar-refractivity contribution in [3.8, 4) is 0 Å². The molecular formula is C19H29N3O5S. The van der Waals surface area contributed by atoms with E-state index in [4.69, 9.17) is 4.74 Å². The molecule has 9 heteroatoms. The minimum Gasteiger partial charge on any atom is -0.385 e. The first-order valence-corrected chi connectivity index (χ1v) is 10.9. The largest absolute Gasteiger partial charge is 0.385 e. The Balaban J connectivity index is 2.28. The molecule has 1 heterocycles. The molecule has 1 aliphatic rings. The number of ether oxygens (including phenoxy) is 1. The molecule has 0 saturated heterocycles. The summed E-state index contributed by atoms with van der Waals surface area (Å²) < 4.78 is 31.9. The van der Waals surface area contributed by atoms with E-state index in [0.717, 1.165) is 0 Å². The number of carbonyl (C=O) groups excluding carboxylic acids is 2. The highest BCUT2D eigenvalue weighted by atomic mass is 32.2. The van der Waals surface area contributed by atoms with Gasteiger partial charge in [0.15, 0.2) is 0 Å². The predicted molar refractivity (Wildman–Crippen MR) is 107 cm³/mol. The van der Waals surface area contributed by atoms with Crippen LogP contribution >= 0.6 is 0 Å². The van der Waals surface area contributed by atoms with Gasteiger partial charge in [-0.15, -0.1) is 0 Å². The van der Waals surface area contributed by atoms with Gasteiger partial charge in [-0.1, -0.05) is 13.8 Å². The number of amides is 2. The maximum atomic E-state index is 12.8. The van der Waals surface area contributed by atoms with Crippen molar-refractivity contribution in [3.05, 3.63) is 23.8 Å². The van der Waals surface area contributed by atoms with Crippen LogP contribution in [0.2, 0.25) is 0 Å². The Bertz CT molecular complexity index is 821. The Morgan fingerprint density at radius 1 is 1.29 bits per heavy atom. The lowest BCUT2D eigenvalue weighted by Gasteiger charge is -2.23. The summed E-state index contributed by atoms with van der Waals surface area (Å²) in [4.78, 5) is 26.4. The zero-order chi connectivity index (χ0) is 20.9. The molecule has 0 bridgehead atoms. The molecule has 1 aliphatic heterocycles. The molecule has 1 N–H and O–H groups in total. The minimum atomic E-state index is -3.60. The fourth-order valence-corrected chi connectivity index (χ4v) is 4.96. The summed E-state index contributed by atoms with van der Waals surface area (Å²) in [6, 6.07) is 4.02. The average molecular weight is 412 g/mol. The molecule has 0 spiro atoms. The number of carbonyl (C=O) groups is 2. The Hall–Kier alpha value is -1.97. The highest BCUT2D eigenvalue weighted by molar-refractivity contribution is 7.89. The second kappa shape index (κ2) is 9.49. The fraction of sp³-hybridized carbons (Fsp3) is 0.579. The van der Waals surface area contributed by atoms with Gasteiger partial charge in [0.05, 0.1) is 4.90 Å². The number of hydrogen-bond donors (Lipinski definition) is 1. The second-order valence-electron chi connectivity index (χ2n) is 6.63. The lowest BCUT2D eigenvalue weighted by molar-refractivity contribution is -0.125. The third-order valence-electron chi connectivity index (χ3n) is 4.84. The van der Waals surface area contributed by atoms with E-state index in [1.807, 2.05) is 0 Å². The third kappa shape index (κ3) is 4.53. The van der Waals surface area contributed by atoms with E-state index < -0.39 is 16.1 Å². The van der Waals surface area contributed by atoms with E-state index in [9.17, 15) is 18.0 Å². The van der Waals surface area contributed by atoms with Crippen molar-refractivity contribution >= 4 is 27.5 Å². The van der Waals surface area contributed by atoms with Gasteiger partial charge in [0.2, 0.25) is 21.8 Å². The number of hydrogen-bond acceptors (Lipinski definition) is 5. The van der Waals surface area contributed by atoms with Crippen LogP contribution in [0.25, 0.3) is 0 Å². The molecule has 1 unspecified atom stereocenters. The molecule has 2 amide bonds. The maximum Gasteiger partial charge on any atom is 0.243 e. The fourth-order valence-electron chi connectivity index (χ4n) is 3.45. The van der Waals surface area contributed by atoms with E-state index in [-0.39, 0.29) is 23.1 Å². The number of sulfonamides is 1. The van der Waals surface area contributed by atoms with Gasteiger partial charge in [-0.05, 0) is 30.2 Å². The van der Waals surface area contributed by atoms with Crippen molar-refractivity contribution in [2.75, 3.05) is 38.3 Å². The summed E-state index contributed by atoms with van der Waals surface area (Å²) in [5.41, 5.74) is 1.27. The molecule has 0 fully saturated rings. The van der Waals surface area contributed by atoms with Crippen LogP contribution in [0.4, 0.5) is 5.69 Å². The van der Waals surface area contributed by atoms with Crippen molar-refractivity contribution in [1.82, 2.24) is 9.62 Å². The topological polar surface area (TPSA) is 96.0 Å². The van der Waals surface area contributed by atoms with Gasteiger partial charge < -0.3 is 10.1 Å². The number of nitrogens with zero attached hydrogens (tertiary/aromatic N) is 2. The molecule has 0 aliphatic carbocycles. The Morgan fingerprint density at radius 2 is 1.96 bits per heavy atom. The average Bonchev–Trinajstić information content (AvgIpc) is 3.05. The van der Waals surface area contributed by atoms with Gasteiger partial charge >= 0.3 is 0 Å². The molecule has 2 rings (SSSR count). The summed E-state index contributed by atoms with van der Waals surface area (Å²) in [6.07, 6.45) is 0.959. The van der Waals surface area contributed by atoms with Crippen molar-refractivity contribution in [2.24, 2.45) is 0 Å². The van der Waals surface area contributed by atoms with Crippen molar-refractivity contribution in [3.63, 3.8) is 0 Å². The van der Waals surface area contributed by atoms with E-state index in [1.165, 1.54) is 22.2 Å². The first-order valence-electron chi connectivity index (χ1n) is 9.47. The Morgan fingerprint density at radius 3 is 2.54 bits per heavy atom. The summed E-state index contributed by atoms with van der Waals surface area (Å²) in [5.74, 6) is -0.509. The third-order valence-corrected chi connectivity index (χ3v) is 6.89. The monoisotopic (exact) mass is 411 g/mol. The lowest BCUT2D eigenvalue weighted by Crippen LogP contribution is -2.47. The molecule has 0 aromatic heterocycles. The molecule has 0 radical (unpaired) electrons. The summed E-state index contributed by atoms with van der Waals surface area (Å²) >= 11 is 0. The van der Waals surface area contributed by atoms with Crippen molar-refractivity contribution in [2.45, 2.75) is 44.6 Å². The van der Waals surface area contributed by atoms with Crippen LogP contribution in [0.15, 0.2) is 23.1 Å². The van der Waals surface area contributed by atoms with Gasteiger partial charge in [-0.2, -0.15) is 4.31 Å². The summed E-state index contributed by atoms with van der Waals surface area (Å²) in [7, 11) is -2.01. The molecule has 1 aromatic carbocycles. The standard InChI is InChI=1S/C19H29N3O5S/c1-5-21(6-2)28(25,26)16-8-9-17-15(12-16)13-18(22(17)14(3)23)19(24)20-10-7-11-27-4/h8-9,12,18H,5-7,10-11,13H2,1-4H3,(H,20,24). The van der Waals surface area contributed by atoms with Crippen LogP contribution in [0.1, 0.15) is 32.8 Å². The highest BCUT2D eigenvalue weighted by Crippen LogP contribution is 2.34. The Kier molecular flexibility index (Phi) is 7.56. The maximum absolute atomic E-state index is 12.8. The molecule has 1 atom stereocenters. The van der Waals surface area contributed by atoms with Crippen LogP contribution in [-0.2, 0) is 30.8 Å². The first-order chi connectivity index (χ1) is 13.3. The van der Waals surface area contributed by atoms with Crippen LogP contribution in [0, 0.1) is 0 Å². The van der Waals surface area contributed by atoms with E-state index >= 15 is 0 Å².